The van der Waals surface area contributed by atoms with Gasteiger partial charge >= 0.3 is 6.18 Å². The number of hydrogen-bond acceptors (Lipinski definition) is 4. The molecule has 0 unspecified atom stereocenters. The Balaban J connectivity index is 3.03. The molecule has 18 heavy (non-hydrogen) atoms. The van der Waals surface area contributed by atoms with Crippen LogP contribution in [0.15, 0.2) is 16.3 Å². The number of sulfonamides is 1. The van der Waals surface area contributed by atoms with Crippen LogP contribution in [0.2, 0.25) is 0 Å². The Kier molecular flexibility index (Phi) is 4.76. The van der Waals surface area contributed by atoms with Gasteiger partial charge in [-0.2, -0.15) is 17.5 Å². The number of hydrogen-bond donors (Lipinski definition) is 1. The van der Waals surface area contributed by atoms with Gasteiger partial charge in [-0.1, -0.05) is 6.92 Å². The molecule has 0 atom stereocenters. The van der Waals surface area contributed by atoms with E-state index in [1.165, 1.54) is 18.4 Å². The molecule has 1 heterocycles. The molecule has 0 spiro atoms. The number of nitrogens with zero attached hydrogens (tertiary/aromatic N) is 1. The fourth-order valence-electron chi connectivity index (χ4n) is 1.32. The molecule has 2 N–H and O–H groups in total. The molecule has 0 aliphatic heterocycles. The summed E-state index contributed by atoms with van der Waals surface area (Å²) in [4.78, 5) is 0.468. The van der Waals surface area contributed by atoms with Gasteiger partial charge in [-0.25, -0.2) is 8.42 Å². The van der Waals surface area contributed by atoms with Crippen molar-refractivity contribution in [3.63, 3.8) is 0 Å². The molecule has 0 saturated heterocycles. The van der Waals surface area contributed by atoms with Crippen LogP contribution in [0.3, 0.4) is 0 Å². The van der Waals surface area contributed by atoms with E-state index in [0.29, 0.717) is 9.18 Å². The van der Waals surface area contributed by atoms with Gasteiger partial charge in [0, 0.05) is 23.3 Å². The third-order valence-corrected chi connectivity index (χ3v) is 5.18. The minimum atomic E-state index is -4.56. The maximum Gasteiger partial charge on any atom is 0.402 e. The van der Waals surface area contributed by atoms with Crippen LogP contribution in [-0.2, 0) is 16.6 Å². The third kappa shape index (κ3) is 3.67. The van der Waals surface area contributed by atoms with Gasteiger partial charge in [0.25, 0.3) is 0 Å². The van der Waals surface area contributed by atoms with Gasteiger partial charge in [0.2, 0.25) is 10.0 Å². The zero-order valence-electron chi connectivity index (χ0n) is 9.57. The summed E-state index contributed by atoms with van der Waals surface area (Å²) in [6, 6.07) is 1.30. The Morgan fingerprint density at radius 2 is 2.06 bits per heavy atom. The van der Waals surface area contributed by atoms with Crippen LogP contribution >= 0.6 is 11.3 Å². The van der Waals surface area contributed by atoms with Gasteiger partial charge in [-0.15, -0.1) is 11.3 Å². The van der Waals surface area contributed by atoms with Crippen molar-refractivity contribution in [2.75, 3.05) is 13.1 Å². The molecule has 1 aromatic heterocycles. The lowest BCUT2D eigenvalue weighted by Gasteiger charge is -2.21. The van der Waals surface area contributed by atoms with E-state index in [9.17, 15) is 21.6 Å². The summed E-state index contributed by atoms with van der Waals surface area (Å²) in [5, 5.41) is 1.30. The number of rotatable bonds is 5. The second-order valence-corrected chi connectivity index (χ2v) is 6.43. The predicted molar refractivity (Wildman–Crippen MR) is 62.7 cm³/mol. The molecule has 0 saturated carbocycles. The van der Waals surface area contributed by atoms with Crippen molar-refractivity contribution in [3.8, 4) is 0 Å². The Morgan fingerprint density at radius 1 is 1.44 bits per heavy atom. The third-order valence-electron chi connectivity index (χ3n) is 2.18. The molecule has 9 heteroatoms. The molecule has 1 aromatic rings. The lowest BCUT2D eigenvalue weighted by molar-refractivity contribution is -0.135. The highest BCUT2D eigenvalue weighted by Crippen LogP contribution is 2.25. The van der Waals surface area contributed by atoms with Crippen molar-refractivity contribution >= 4 is 21.4 Å². The fourth-order valence-corrected chi connectivity index (χ4v) is 3.90. The van der Waals surface area contributed by atoms with Crippen LogP contribution in [0.25, 0.3) is 0 Å². The molecule has 0 fully saturated rings. The van der Waals surface area contributed by atoms with Crippen molar-refractivity contribution in [1.82, 2.24) is 4.31 Å². The maximum absolute atomic E-state index is 12.3. The Hall–Kier alpha value is -0.640. The lowest BCUT2D eigenvalue weighted by atomic mass is 10.5. The summed E-state index contributed by atoms with van der Waals surface area (Å²) < 4.78 is 61.2. The second-order valence-electron chi connectivity index (χ2n) is 3.50. The first-order chi connectivity index (χ1) is 8.20. The van der Waals surface area contributed by atoms with E-state index < -0.39 is 22.7 Å². The van der Waals surface area contributed by atoms with Gasteiger partial charge in [0.05, 0.1) is 4.90 Å². The van der Waals surface area contributed by atoms with E-state index in [1.54, 1.807) is 0 Å². The highest BCUT2D eigenvalue weighted by atomic mass is 32.2. The normalized spacial score (nSPS) is 13.2. The van der Waals surface area contributed by atoms with E-state index in [2.05, 4.69) is 0 Å². The summed E-state index contributed by atoms with van der Waals surface area (Å²) in [6.45, 7) is -0.208. The first-order valence-electron chi connectivity index (χ1n) is 5.05. The molecule has 4 nitrogen and oxygen atoms in total. The largest absolute Gasteiger partial charge is 0.402 e. The van der Waals surface area contributed by atoms with Crippen LogP contribution in [-0.4, -0.2) is 32.0 Å². The van der Waals surface area contributed by atoms with E-state index in [1.807, 2.05) is 0 Å². The maximum atomic E-state index is 12.3. The summed E-state index contributed by atoms with van der Waals surface area (Å²) in [5.41, 5.74) is 5.34. The average molecular weight is 302 g/mol. The molecular weight excluding hydrogens is 289 g/mol. The van der Waals surface area contributed by atoms with Crippen molar-refractivity contribution in [2.24, 2.45) is 5.73 Å². The van der Waals surface area contributed by atoms with Gasteiger partial charge < -0.3 is 5.73 Å². The summed E-state index contributed by atoms with van der Waals surface area (Å²) in [7, 11) is -4.11. The van der Waals surface area contributed by atoms with Crippen molar-refractivity contribution in [1.29, 1.82) is 0 Å². The van der Waals surface area contributed by atoms with Crippen molar-refractivity contribution < 1.29 is 21.6 Å². The minimum absolute atomic E-state index is 0.140. The first-order valence-corrected chi connectivity index (χ1v) is 7.37. The van der Waals surface area contributed by atoms with Gasteiger partial charge in [0.15, 0.2) is 0 Å². The molecule has 104 valence electrons. The second kappa shape index (κ2) is 5.55. The van der Waals surface area contributed by atoms with E-state index in [4.69, 9.17) is 5.73 Å². The number of alkyl halides is 3. The predicted octanol–water partition coefficient (Wildman–Crippen LogP) is 1.78. The molecule has 0 aliphatic rings. The summed E-state index contributed by atoms with van der Waals surface area (Å²) in [5.74, 6) is 0. The Morgan fingerprint density at radius 3 is 2.44 bits per heavy atom. The summed E-state index contributed by atoms with van der Waals surface area (Å²) >= 11 is 1.11. The van der Waals surface area contributed by atoms with Crippen molar-refractivity contribution in [3.05, 3.63) is 16.3 Å². The number of thiophene rings is 1. The minimum Gasteiger partial charge on any atom is -0.326 e. The van der Waals surface area contributed by atoms with Crippen LogP contribution in [0.5, 0.6) is 0 Å². The lowest BCUT2D eigenvalue weighted by Crippen LogP contribution is -2.38. The molecule has 0 amide bonds. The fraction of sp³-hybridized carbons (Fsp3) is 0.556. The van der Waals surface area contributed by atoms with Gasteiger partial charge in [-0.05, 0) is 6.07 Å². The summed E-state index contributed by atoms with van der Waals surface area (Å²) in [6.07, 6.45) is -4.56. The molecule has 0 bridgehead atoms. The highest BCUT2D eigenvalue weighted by Gasteiger charge is 2.36. The molecule has 1 rings (SSSR count). The molecular formula is C9H13F3N2O2S2. The Labute approximate surface area is 107 Å². The standard InChI is InChI=1S/C9H13F3N2O2S2/c1-2-14(6-9(10,11)12)18(15,16)8-3-7(4-13)17-5-8/h3,5H,2,4,6,13H2,1H3. The van der Waals surface area contributed by atoms with Crippen LogP contribution in [0, 0.1) is 0 Å². The topological polar surface area (TPSA) is 63.4 Å². The van der Waals surface area contributed by atoms with Crippen LogP contribution < -0.4 is 5.73 Å². The van der Waals surface area contributed by atoms with E-state index in [-0.39, 0.29) is 18.0 Å². The molecule has 0 radical (unpaired) electrons. The molecule has 0 aromatic carbocycles. The number of halogens is 3. The first kappa shape index (κ1) is 15.4. The quantitative estimate of drug-likeness (QED) is 0.902. The zero-order chi connectivity index (χ0) is 14.0. The smallest absolute Gasteiger partial charge is 0.326 e. The highest BCUT2D eigenvalue weighted by molar-refractivity contribution is 7.89. The van der Waals surface area contributed by atoms with E-state index >= 15 is 0 Å². The van der Waals surface area contributed by atoms with E-state index in [0.717, 1.165) is 11.3 Å². The van der Waals surface area contributed by atoms with Gasteiger partial charge in [0.1, 0.15) is 6.54 Å². The van der Waals surface area contributed by atoms with Crippen molar-refractivity contribution in [2.45, 2.75) is 24.5 Å². The molecule has 0 aliphatic carbocycles. The number of nitrogens with two attached hydrogens (primary N) is 1. The zero-order valence-corrected chi connectivity index (χ0v) is 11.2. The monoisotopic (exact) mass is 302 g/mol. The average Bonchev–Trinajstić information content (AvgIpc) is 2.73. The van der Waals surface area contributed by atoms with Crippen LogP contribution in [0.1, 0.15) is 11.8 Å². The van der Waals surface area contributed by atoms with Gasteiger partial charge in [-0.3, -0.25) is 0 Å². The Bertz CT molecular complexity index is 496. The SMILES string of the molecule is CCN(CC(F)(F)F)S(=O)(=O)c1csc(CN)c1. The van der Waals surface area contributed by atoms with Crippen LogP contribution in [0.4, 0.5) is 13.2 Å².